The molecule has 1 aromatic heterocycles. The average molecular weight is 375 g/mol. The Balaban J connectivity index is 1.82. The van der Waals surface area contributed by atoms with Crippen molar-refractivity contribution in [2.24, 2.45) is 0 Å². The number of anilines is 3. The van der Waals surface area contributed by atoms with Crippen molar-refractivity contribution in [3.05, 3.63) is 40.5 Å². The topological polar surface area (TPSA) is 41.1 Å². The first kappa shape index (κ1) is 16.2. The molecule has 1 aliphatic rings. The van der Waals surface area contributed by atoms with Crippen molar-refractivity contribution in [3.63, 3.8) is 0 Å². The normalized spacial score (nSPS) is 18.0. The zero-order valence-electron chi connectivity index (χ0n) is 13.7. The van der Waals surface area contributed by atoms with Crippen molar-refractivity contribution in [1.82, 2.24) is 9.97 Å². The van der Waals surface area contributed by atoms with Gasteiger partial charge in [0.1, 0.15) is 5.82 Å². The van der Waals surface area contributed by atoms with Crippen molar-refractivity contribution in [2.75, 3.05) is 16.8 Å². The summed E-state index contributed by atoms with van der Waals surface area (Å²) in [6.45, 7) is 5.43. The highest BCUT2D eigenvalue weighted by atomic mass is 79.9. The number of nitrogens with one attached hydrogen (secondary N) is 1. The van der Waals surface area contributed by atoms with Gasteiger partial charge in [0.25, 0.3) is 0 Å². The first-order valence-corrected chi connectivity index (χ1v) is 9.09. The molecule has 0 saturated carbocycles. The number of aromatic nitrogens is 2. The van der Waals surface area contributed by atoms with E-state index in [0.717, 1.165) is 28.1 Å². The molecule has 3 rings (SSSR count). The number of hydrogen-bond acceptors (Lipinski definition) is 4. The SMILES string of the molecule is CCC1CCCCN1c1ccnc(Nc2ccc(Br)cc2C)n1. The second-order valence-corrected chi connectivity index (χ2v) is 6.99. The molecule has 1 aromatic carbocycles. The molecule has 1 N–H and O–H groups in total. The third kappa shape index (κ3) is 3.83. The molecule has 1 atom stereocenters. The molecule has 2 aromatic rings. The molecule has 2 heterocycles. The van der Waals surface area contributed by atoms with Gasteiger partial charge >= 0.3 is 0 Å². The first-order chi connectivity index (χ1) is 11.2. The Morgan fingerprint density at radius 3 is 2.96 bits per heavy atom. The van der Waals surface area contributed by atoms with Crippen LogP contribution < -0.4 is 10.2 Å². The minimum Gasteiger partial charge on any atom is -0.353 e. The molecule has 23 heavy (non-hydrogen) atoms. The summed E-state index contributed by atoms with van der Waals surface area (Å²) in [7, 11) is 0. The average Bonchev–Trinajstić information content (AvgIpc) is 2.58. The lowest BCUT2D eigenvalue weighted by atomic mass is 10.0. The van der Waals surface area contributed by atoms with Crippen molar-refractivity contribution < 1.29 is 0 Å². The number of nitrogens with zero attached hydrogens (tertiary/aromatic N) is 3. The monoisotopic (exact) mass is 374 g/mol. The van der Waals surface area contributed by atoms with Gasteiger partial charge in [-0.25, -0.2) is 4.98 Å². The van der Waals surface area contributed by atoms with Crippen LogP contribution in [-0.2, 0) is 0 Å². The lowest BCUT2D eigenvalue weighted by molar-refractivity contribution is 0.447. The second-order valence-electron chi connectivity index (χ2n) is 6.07. The van der Waals surface area contributed by atoms with Gasteiger partial charge in [0.15, 0.2) is 0 Å². The number of rotatable bonds is 4. The van der Waals surface area contributed by atoms with Crippen LogP contribution in [0, 0.1) is 6.92 Å². The van der Waals surface area contributed by atoms with Crippen LogP contribution in [0.2, 0.25) is 0 Å². The highest BCUT2D eigenvalue weighted by Gasteiger charge is 2.22. The Hall–Kier alpha value is -1.62. The smallest absolute Gasteiger partial charge is 0.229 e. The number of benzene rings is 1. The quantitative estimate of drug-likeness (QED) is 0.811. The molecule has 0 amide bonds. The zero-order valence-corrected chi connectivity index (χ0v) is 15.3. The number of aryl methyl sites for hydroxylation is 1. The van der Waals surface area contributed by atoms with Gasteiger partial charge in [-0.15, -0.1) is 0 Å². The molecular weight excluding hydrogens is 352 g/mol. The minimum atomic E-state index is 0.598. The summed E-state index contributed by atoms with van der Waals surface area (Å²) < 4.78 is 1.08. The molecule has 0 aliphatic carbocycles. The summed E-state index contributed by atoms with van der Waals surface area (Å²) in [6, 6.07) is 8.78. The Kier molecular flexibility index (Phi) is 5.16. The number of piperidine rings is 1. The third-order valence-corrected chi connectivity index (χ3v) is 4.96. The largest absolute Gasteiger partial charge is 0.353 e. The standard InChI is InChI=1S/C18H23BrN4/c1-3-15-6-4-5-11-23(15)17-9-10-20-18(22-17)21-16-8-7-14(19)12-13(16)2/h7-10,12,15H,3-6,11H2,1-2H3,(H,20,21,22). The fraction of sp³-hybridized carbons (Fsp3) is 0.444. The van der Waals surface area contributed by atoms with Gasteiger partial charge < -0.3 is 10.2 Å². The van der Waals surface area contributed by atoms with E-state index in [2.05, 4.69) is 51.0 Å². The molecule has 0 spiro atoms. The van der Waals surface area contributed by atoms with Gasteiger partial charge in [-0.3, -0.25) is 0 Å². The van der Waals surface area contributed by atoms with Crippen LogP contribution in [0.3, 0.4) is 0 Å². The van der Waals surface area contributed by atoms with E-state index >= 15 is 0 Å². The Morgan fingerprint density at radius 1 is 1.30 bits per heavy atom. The van der Waals surface area contributed by atoms with E-state index < -0.39 is 0 Å². The zero-order chi connectivity index (χ0) is 16.2. The van der Waals surface area contributed by atoms with Gasteiger partial charge in [-0.1, -0.05) is 22.9 Å². The van der Waals surface area contributed by atoms with Gasteiger partial charge in [-0.2, -0.15) is 4.98 Å². The molecule has 122 valence electrons. The van der Waals surface area contributed by atoms with Gasteiger partial charge in [-0.05, 0) is 62.4 Å². The lowest BCUT2D eigenvalue weighted by Gasteiger charge is -2.36. The van der Waals surface area contributed by atoms with Crippen LogP contribution in [0.25, 0.3) is 0 Å². The van der Waals surface area contributed by atoms with Crippen LogP contribution >= 0.6 is 15.9 Å². The van der Waals surface area contributed by atoms with Crippen molar-refractivity contribution in [3.8, 4) is 0 Å². The molecule has 1 fully saturated rings. The van der Waals surface area contributed by atoms with Crippen LogP contribution in [0.4, 0.5) is 17.5 Å². The summed E-state index contributed by atoms with van der Waals surface area (Å²) in [4.78, 5) is 11.6. The van der Waals surface area contributed by atoms with E-state index in [9.17, 15) is 0 Å². The fourth-order valence-corrected chi connectivity index (χ4v) is 3.66. The molecular formula is C18H23BrN4. The third-order valence-electron chi connectivity index (χ3n) is 4.47. The number of halogens is 1. The van der Waals surface area contributed by atoms with E-state index in [4.69, 9.17) is 4.98 Å². The maximum Gasteiger partial charge on any atom is 0.229 e. The molecule has 1 saturated heterocycles. The molecule has 0 bridgehead atoms. The summed E-state index contributed by atoms with van der Waals surface area (Å²) in [5.41, 5.74) is 2.20. The summed E-state index contributed by atoms with van der Waals surface area (Å²) in [5, 5.41) is 3.34. The molecule has 4 nitrogen and oxygen atoms in total. The van der Waals surface area contributed by atoms with Crippen molar-refractivity contribution in [1.29, 1.82) is 0 Å². The predicted octanol–water partition coefficient (Wildman–Crippen LogP) is 5.06. The highest BCUT2D eigenvalue weighted by molar-refractivity contribution is 9.10. The highest BCUT2D eigenvalue weighted by Crippen LogP contribution is 2.27. The maximum absolute atomic E-state index is 4.75. The fourth-order valence-electron chi connectivity index (χ4n) is 3.18. The second kappa shape index (κ2) is 7.30. The Bertz CT molecular complexity index is 674. The van der Waals surface area contributed by atoms with E-state index in [1.54, 1.807) is 0 Å². The van der Waals surface area contributed by atoms with Crippen molar-refractivity contribution >= 4 is 33.4 Å². The molecule has 1 unspecified atom stereocenters. The summed E-state index contributed by atoms with van der Waals surface area (Å²) >= 11 is 3.49. The minimum absolute atomic E-state index is 0.598. The molecule has 5 heteroatoms. The lowest BCUT2D eigenvalue weighted by Crippen LogP contribution is -2.39. The predicted molar refractivity (Wildman–Crippen MR) is 99.5 cm³/mol. The van der Waals surface area contributed by atoms with Gasteiger partial charge in [0.05, 0.1) is 0 Å². The van der Waals surface area contributed by atoms with E-state index in [1.807, 2.05) is 24.4 Å². The summed E-state index contributed by atoms with van der Waals surface area (Å²) in [5.74, 6) is 1.69. The van der Waals surface area contributed by atoms with Crippen LogP contribution in [0.5, 0.6) is 0 Å². The van der Waals surface area contributed by atoms with Crippen LogP contribution in [0.15, 0.2) is 34.9 Å². The van der Waals surface area contributed by atoms with E-state index in [0.29, 0.717) is 12.0 Å². The van der Waals surface area contributed by atoms with Gasteiger partial charge in [0.2, 0.25) is 5.95 Å². The molecule has 1 aliphatic heterocycles. The first-order valence-electron chi connectivity index (χ1n) is 8.30. The van der Waals surface area contributed by atoms with E-state index in [-0.39, 0.29) is 0 Å². The van der Waals surface area contributed by atoms with E-state index in [1.165, 1.54) is 25.7 Å². The van der Waals surface area contributed by atoms with Gasteiger partial charge in [0, 0.05) is 28.9 Å². The van der Waals surface area contributed by atoms with Crippen LogP contribution in [0.1, 0.15) is 38.2 Å². The van der Waals surface area contributed by atoms with Crippen molar-refractivity contribution in [2.45, 2.75) is 45.6 Å². The maximum atomic E-state index is 4.75. The number of hydrogen-bond donors (Lipinski definition) is 1. The summed E-state index contributed by atoms with van der Waals surface area (Å²) in [6.07, 6.45) is 6.84. The molecule has 0 radical (unpaired) electrons. The van der Waals surface area contributed by atoms with Crippen LogP contribution in [-0.4, -0.2) is 22.6 Å². The Labute approximate surface area is 146 Å². The Morgan fingerprint density at radius 2 is 2.17 bits per heavy atom.